The number of carbonyl (C=O) groups excluding carboxylic acids is 1. The van der Waals surface area contributed by atoms with Crippen LogP contribution in [0.3, 0.4) is 0 Å². The van der Waals surface area contributed by atoms with Crippen molar-refractivity contribution < 1.29 is 9.53 Å². The van der Waals surface area contributed by atoms with Gasteiger partial charge in [-0.2, -0.15) is 0 Å². The molecular weight excluding hydrogens is 272 g/mol. The van der Waals surface area contributed by atoms with Crippen LogP contribution in [0.2, 0.25) is 0 Å². The molecule has 2 aliphatic carbocycles. The number of carbonyl (C=O) groups is 1. The third-order valence-corrected chi connectivity index (χ3v) is 7.42. The van der Waals surface area contributed by atoms with Gasteiger partial charge in [0.1, 0.15) is 6.10 Å². The van der Waals surface area contributed by atoms with Crippen molar-refractivity contribution in [3.8, 4) is 0 Å². The predicted molar refractivity (Wildman–Crippen MR) is 91.5 cm³/mol. The van der Waals surface area contributed by atoms with E-state index in [0.29, 0.717) is 28.6 Å². The van der Waals surface area contributed by atoms with E-state index in [1.807, 2.05) is 0 Å². The molecule has 0 saturated heterocycles. The zero-order valence-corrected chi connectivity index (χ0v) is 16.0. The molecule has 22 heavy (non-hydrogen) atoms. The first kappa shape index (κ1) is 17.8. The van der Waals surface area contributed by atoms with E-state index in [1.54, 1.807) is 0 Å². The van der Waals surface area contributed by atoms with Crippen molar-refractivity contribution in [3.63, 3.8) is 0 Å². The minimum atomic E-state index is -0.360. The molecule has 0 radical (unpaired) electrons. The van der Waals surface area contributed by atoms with Gasteiger partial charge in [0, 0.05) is 5.92 Å². The maximum atomic E-state index is 13.0. The van der Waals surface area contributed by atoms with Crippen molar-refractivity contribution in [2.24, 2.45) is 34.0 Å². The summed E-state index contributed by atoms with van der Waals surface area (Å²) in [5, 5.41) is 0. The summed E-state index contributed by atoms with van der Waals surface area (Å²) in [6.45, 7) is 17.9. The number of rotatable bonds is 5. The van der Waals surface area contributed by atoms with Crippen molar-refractivity contribution in [3.05, 3.63) is 0 Å². The zero-order chi connectivity index (χ0) is 16.9. The molecule has 2 nitrogen and oxygen atoms in total. The van der Waals surface area contributed by atoms with Gasteiger partial charge in [-0.25, -0.2) is 0 Å². The predicted octanol–water partition coefficient (Wildman–Crippen LogP) is 5.45. The Labute approximate surface area is 137 Å². The van der Waals surface area contributed by atoms with Crippen LogP contribution in [0.15, 0.2) is 0 Å². The monoisotopic (exact) mass is 308 g/mol. The third-order valence-electron chi connectivity index (χ3n) is 7.42. The summed E-state index contributed by atoms with van der Waals surface area (Å²) in [6, 6.07) is 0. The smallest absolute Gasteiger partial charge is 0.312 e. The average molecular weight is 309 g/mol. The van der Waals surface area contributed by atoms with Crippen molar-refractivity contribution in [1.82, 2.24) is 0 Å². The molecule has 2 bridgehead atoms. The van der Waals surface area contributed by atoms with Gasteiger partial charge in [-0.15, -0.1) is 0 Å². The highest BCUT2D eigenvalue weighted by Crippen LogP contribution is 2.66. The quantitative estimate of drug-likeness (QED) is 0.631. The van der Waals surface area contributed by atoms with Gasteiger partial charge in [0.05, 0.1) is 5.41 Å². The summed E-state index contributed by atoms with van der Waals surface area (Å²) in [4.78, 5) is 13.0. The number of fused-ring (bicyclic) bond motifs is 2. The maximum Gasteiger partial charge on any atom is 0.312 e. The summed E-state index contributed by atoms with van der Waals surface area (Å²) in [6.07, 6.45) is 4.58. The van der Waals surface area contributed by atoms with Crippen molar-refractivity contribution >= 4 is 5.97 Å². The van der Waals surface area contributed by atoms with Gasteiger partial charge < -0.3 is 4.74 Å². The van der Waals surface area contributed by atoms with Gasteiger partial charge in [-0.1, -0.05) is 48.5 Å². The molecule has 128 valence electrons. The largest absolute Gasteiger partial charge is 0.462 e. The third kappa shape index (κ3) is 2.61. The van der Waals surface area contributed by atoms with Crippen LogP contribution in [0.4, 0.5) is 0 Å². The molecule has 2 heteroatoms. The summed E-state index contributed by atoms with van der Waals surface area (Å²) in [5.41, 5.74) is 0.278. The summed E-state index contributed by atoms with van der Waals surface area (Å²) in [7, 11) is 0. The second-order valence-corrected chi connectivity index (χ2v) is 9.75. The Kier molecular flexibility index (Phi) is 4.48. The van der Waals surface area contributed by atoms with Crippen LogP contribution in [0.5, 0.6) is 0 Å². The van der Waals surface area contributed by atoms with E-state index in [-0.39, 0.29) is 17.5 Å². The minimum Gasteiger partial charge on any atom is -0.462 e. The Balaban J connectivity index is 2.13. The Morgan fingerprint density at radius 2 is 1.82 bits per heavy atom. The molecule has 2 rings (SSSR count). The van der Waals surface area contributed by atoms with Crippen LogP contribution in [0, 0.1) is 34.0 Å². The Morgan fingerprint density at radius 3 is 2.18 bits per heavy atom. The molecule has 0 aromatic rings. The van der Waals surface area contributed by atoms with Crippen LogP contribution >= 0.6 is 0 Å². The number of hydrogen-bond acceptors (Lipinski definition) is 2. The Bertz CT molecular complexity index is 434. The first-order valence-corrected chi connectivity index (χ1v) is 9.15. The van der Waals surface area contributed by atoms with Crippen molar-refractivity contribution in [2.75, 3.05) is 0 Å². The van der Waals surface area contributed by atoms with Crippen LogP contribution < -0.4 is 0 Å². The molecular formula is C20H36O2. The molecule has 2 fully saturated rings. The SMILES string of the molecule is CC(C)CC(C)(C(=O)OC1CC2(C)CCC1C2(C)C)C(C)C. The molecule has 0 amide bonds. The lowest BCUT2D eigenvalue weighted by molar-refractivity contribution is -0.168. The van der Waals surface area contributed by atoms with E-state index >= 15 is 0 Å². The van der Waals surface area contributed by atoms with Gasteiger partial charge in [0.2, 0.25) is 0 Å². The highest BCUT2D eigenvalue weighted by Gasteiger charge is 2.62. The lowest BCUT2D eigenvalue weighted by Crippen LogP contribution is -2.40. The van der Waals surface area contributed by atoms with E-state index in [0.717, 1.165) is 12.8 Å². The first-order valence-electron chi connectivity index (χ1n) is 9.15. The fourth-order valence-electron chi connectivity index (χ4n) is 5.01. The fourth-order valence-corrected chi connectivity index (χ4v) is 5.01. The minimum absolute atomic E-state index is 0.0353. The average Bonchev–Trinajstić information content (AvgIpc) is 2.68. The fraction of sp³-hybridized carbons (Fsp3) is 0.950. The van der Waals surface area contributed by atoms with E-state index < -0.39 is 0 Å². The molecule has 2 saturated carbocycles. The van der Waals surface area contributed by atoms with Gasteiger partial charge >= 0.3 is 5.97 Å². The van der Waals surface area contributed by atoms with Crippen LogP contribution in [0.1, 0.15) is 81.1 Å². The Hall–Kier alpha value is -0.530. The molecule has 0 aliphatic heterocycles. The number of ether oxygens (including phenoxy) is 1. The summed E-state index contributed by atoms with van der Waals surface area (Å²) in [5.74, 6) is 1.39. The first-order chi connectivity index (χ1) is 9.94. The lowest BCUT2D eigenvalue weighted by Gasteiger charge is -2.35. The van der Waals surface area contributed by atoms with Crippen molar-refractivity contribution in [2.45, 2.75) is 87.2 Å². The van der Waals surface area contributed by atoms with E-state index in [4.69, 9.17) is 4.74 Å². The lowest BCUT2D eigenvalue weighted by atomic mass is 9.71. The Morgan fingerprint density at radius 1 is 1.23 bits per heavy atom. The maximum absolute atomic E-state index is 13.0. The summed E-state index contributed by atoms with van der Waals surface area (Å²) >= 11 is 0. The normalized spacial score (nSPS) is 35.9. The topological polar surface area (TPSA) is 26.3 Å². The number of hydrogen-bond donors (Lipinski definition) is 0. The highest BCUT2D eigenvalue weighted by atomic mass is 16.5. The number of esters is 1. The van der Waals surface area contributed by atoms with Gasteiger partial charge in [0.15, 0.2) is 0 Å². The standard InChI is InChI=1S/C20H36O2/c1-13(2)11-20(8,14(3)4)17(21)22-16-12-19(7)10-9-15(16)18(19,5)6/h13-16H,9-12H2,1-8H3. The molecule has 0 aromatic carbocycles. The summed E-state index contributed by atoms with van der Waals surface area (Å²) < 4.78 is 6.13. The highest BCUT2D eigenvalue weighted by molar-refractivity contribution is 5.77. The van der Waals surface area contributed by atoms with Gasteiger partial charge in [-0.05, 0) is 55.3 Å². The molecule has 4 atom stereocenters. The molecule has 2 aliphatic rings. The van der Waals surface area contributed by atoms with E-state index in [2.05, 4.69) is 55.4 Å². The van der Waals surface area contributed by atoms with Crippen LogP contribution in [-0.2, 0) is 9.53 Å². The zero-order valence-electron chi connectivity index (χ0n) is 16.0. The van der Waals surface area contributed by atoms with Gasteiger partial charge in [0.25, 0.3) is 0 Å². The molecule has 0 N–H and O–H groups in total. The van der Waals surface area contributed by atoms with Crippen LogP contribution in [0.25, 0.3) is 0 Å². The molecule has 0 heterocycles. The molecule has 0 spiro atoms. The molecule has 4 unspecified atom stereocenters. The van der Waals surface area contributed by atoms with E-state index in [9.17, 15) is 4.79 Å². The second-order valence-electron chi connectivity index (χ2n) is 9.75. The van der Waals surface area contributed by atoms with Crippen molar-refractivity contribution in [1.29, 1.82) is 0 Å². The van der Waals surface area contributed by atoms with Gasteiger partial charge in [-0.3, -0.25) is 4.79 Å². The second kappa shape index (κ2) is 5.53. The van der Waals surface area contributed by atoms with Crippen LogP contribution in [-0.4, -0.2) is 12.1 Å². The molecule has 0 aromatic heterocycles. The van der Waals surface area contributed by atoms with E-state index in [1.165, 1.54) is 12.8 Å².